The summed E-state index contributed by atoms with van der Waals surface area (Å²) in [6.45, 7) is 18.2. The lowest BCUT2D eigenvalue weighted by Gasteiger charge is -2.23. The molecule has 0 amide bonds. The summed E-state index contributed by atoms with van der Waals surface area (Å²) in [6.07, 6.45) is 13.9. The van der Waals surface area contributed by atoms with E-state index >= 15 is 0 Å². The molecule has 2 atom stereocenters. The molecule has 0 heterocycles. The molecule has 130 valence electrons. The molecule has 1 aliphatic rings. The summed E-state index contributed by atoms with van der Waals surface area (Å²) >= 11 is 0. The van der Waals surface area contributed by atoms with Crippen LogP contribution in [-0.2, 0) is 4.74 Å². The van der Waals surface area contributed by atoms with Crippen LogP contribution in [0.25, 0.3) is 0 Å². The van der Waals surface area contributed by atoms with Crippen molar-refractivity contribution in [3.8, 4) is 0 Å². The van der Waals surface area contributed by atoms with Crippen LogP contribution in [-0.4, -0.2) is 13.2 Å². The second-order valence-corrected chi connectivity index (χ2v) is 6.48. The highest BCUT2D eigenvalue weighted by atomic mass is 16.5. The van der Waals surface area contributed by atoms with E-state index in [2.05, 4.69) is 46.9 Å². The van der Waals surface area contributed by atoms with E-state index in [-0.39, 0.29) is 0 Å². The van der Waals surface area contributed by atoms with E-state index in [4.69, 9.17) is 4.74 Å². The lowest BCUT2D eigenvalue weighted by atomic mass is 9.83. The first-order chi connectivity index (χ1) is 10.4. The maximum Gasteiger partial charge on any atom is 0.0577 e. The Labute approximate surface area is 140 Å². The van der Waals surface area contributed by atoms with Gasteiger partial charge in [-0.2, -0.15) is 0 Å². The minimum atomic E-state index is 0.331. The normalized spacial score (nSPS) is 18.1. The molecule has 0 N–H and O–H groups in total. The molecule has 2 unspecified atom stereocenters. The molecule has 0 radical (unpaired) electrons. The van der Waals surface area contributed by atoms with Crippen LogP contribution in [0.1, 0.15) is 73.1 Å². The zero-order chi connectivity index (χ0) is 17.4. The van der Waals surface area contributed by atoms with Gasteiger partial charge in [-0.1, -0.05) is 51.0 Å². The summed E-state index contributed by atoms with van der Waals surface area (Å²) in [7, 11) is 1.70. The first-order valence-corrected chi connectivity index (χ1v) is 8.82. The second kappa shape index (κ2) is 16.5. The molecule has 0 bridgehead atoms. The van der Waals surface area contributed by atoms with Gasteiger partial charge in [0.25, 0.3) is 0 Å². The monoisotopic (exact) mass is 308 g/mol. The first kappa shape index (κ1) is 23.4. The lowest BCUT2D eigenvalue weighted by molar-refractivity contribution is 0.121. The largest absolute Gasteiger partial charge is 0.381 e. The summed E-state index contributed by atoms with van der Waals surface area (Å²) in [5.41, 5.74) is 1.59. The number of allylic oxidation sites excluding steroid dienone is 3. The number of unbranched alkanes of at least 4 members (excludes halogenated alkanes) is 1. The highest BCUT2D eigenvalue weighted by molar-refractivity contribution is 5.03. The van der Waals surface area contributed by atoms with Crippen molar-refractivity contribution < 1.29 is 4.74 Å². The van der Waals surface area contributed by atoms with Gasteiger partial charge in [0.05, 0.1) is 6.10 Å². The smallest absolute Gasteiger partial charge is 0.0577 e. The van der Waals surface area contributed by atoms with Crippen molar-refractivity contribution in [2.75, 3.05) is 7.11 Å². The molecule has 1 nitrogen and oxygen atoms in total. The van der Waals surface area contributed by atoms with Crippen LogP contribution in [0.4, 0.5) is 0 Å². The van der Waals surface area contributed by atoms with Crippen molar-refractivity contribution in [2.45, 2.75) is 79.2 Å². The SMILES string of the molecule is C=CCC(C)OC.C=CCCC.CC1=CCC(C(C)C)CC1. The fourth-order valence-corrected chi connectivity index (χ4v) is 2.13. The molecular weight excluding hydrogens is 268 g/mol. The van der Waals surface area contributed by atoms with Crippen LogP contribution < -0.4 is 0 Å². The Morgan fingerprint density at radius 1 is 1.27 bits per heavy atom. The number of rotatable bonds is 6. The van der Waals surface area contributed by atoms with E-state index in [0.29, 0.717) is 6.10 Å². The third-order valence-electron chi connectivity index (χ3n) is 4.02. The van der Waals surface area contributed by atoms with Gasteiger partial charge in [0, 0.05) is 7.11 Å². The molecule has 0 saturated heterocycles. The highest BCUT2D eigenvalue weighted by Gasteiger charge is 2.14. The van der Waals surface area contributed by atoms with Gasteiger partial charge in [0.15, 0.2) is 0 Å². The summed E-state index contributed by atoms with van der Waals surface area (Å²) in [5.74, 6) is 1.84. The summed E-state index contributed by atoms with van der Waals surface area (Å²) in [4.78, 5) is 0. The molecule has 1 heteroatoms. The predicted molar refractivity (Wildman–Crippen MR) is 102 cm³/mol. The third-order valence-corrected chi connectivity index (χ3v) is 4.02. The Bertz CT molecular complexity index is 288. The average Bonchev–Trinajstić information content (AvgIpc) is 2.50. The van der Waals surface area contributed by atoms with Crippen LogP contribution in [0.2, 0.25) is 0 Å². The van der Waals surface area contributed by atoms with Gasteiger partial charge in [0.2, 0.25) is 0 Å². The van der Waals surface area contributed by atoms with E-state index in [1.54, 1.807) is 12.7 Å². The van der Waals surface area contributed by atoms with Crippen molar-refractivity contribution in [2.24, 2.45) is 11.8 Å². The van der Waals surface area contributed by atoms with Gasteiger partial charge in [-0.05, 0) is 57.8 Å². The van der Waals surface area contributed by atoms with Crippen LogP contribution >= 0.6 is 0 Å². The van der Waals surface area contributed by atoms with Gasteiger partial charge in [0.1, 0.15) is 0 Å². The highest BCUT2D eigenvalue weighted by Crippen LogP contribution is 2.28. The van der Waals surface area contributed by atoms with E-state index < -0.39 is 0 Å². The number of hydrogen-bond donors (Lipinski definition) is 0. The molecule has 1 rings (SSSR count). The number of methoxy groups -OCH3 is 1. The Morgan fingerprint density at radius 2 is 1.91 bits per heavy atom. The van der Waals surface area contributed by atoms with Crippen molar-refractivity contribution in [1.29, 1.82) is 0 Å². The standard InChI is InChI=1S/C10H18.C6H12O.C5H10/c1-8(2)10-6-4-9(3)5-7-10;1-4-5-6(2)7-3;1-3-5-4-2/h4,8,10H,5-7H2,1-3H3;4,6H,1,5H2,2-3H3;3H,1,4-5H2,2H3. The third kappa shape index (κ3) is 15.6. The van der Waals surface area contributed by atoms with Gasteiger partial charge in [-0.15, -0.1) is 13.2 Å². The summed E-state index contributed by atoms with van der Waals surface area (Å²) in [6, 6.07) is 0. The van der Waals surface area contributed by atoms with Gasteiger partial charge >= 0.3 is 0 Å². The Hall–Kier alpha value is -0.820. The molecule has 0 saturated carbocycles. The minimum absolute atomic E-state index is 0.331. The molecule has 0 aromatic carbocycles. The lowest BCUT2D eigenvalue weighted by Crippen LogP contribution is -2.10. The summed E-state index contributed by atoms with van der Waals surface area (Å²) < 4.78 is 4.92. The first-order valence-electron chi connectivity index (χ1n) is 8.82. The van der Waals surface area contributed by atoms with E-state index in [0.717, 1.165) is 24.7 Å². The minimum Gasteiger partial charge on any atom is -0.381 e. The van der Waals surface area contributed by atoms with Crippen molar-refractivity contribution in [1.82, 2.24) is 0 Å². The number of ether oxygens (including phenoxy) is 1. The van der Waals surface area contributed by atoms with Gasteiger partial charge in [-0.25, -0.2) is 0 Å². The quantitative estimate of drug-likeness (QED) is 0.482. The topological polar surface area (TPSA) is 9.23 Å². The fraction of sp³-hybridized carbons (Fsp3) is 0.714. The van der Waals surface area contributed by atoms with Crippen molar-refractivity contribution in [3.63, 3.8) is 0 Å². The molecule has 0 aromatic rings. The molecule has 0 spiro atoms. The molecule has 1 aliphatic carbocycles. The number of hydrogen-bond acceptors (Lipinski definition) is 1. The molecule has 0 aliphatic heterocycles. The zero-order valence-electron chi connectivity index (χ0n) is 16.0. The van der Waals surface area contributed by atoms with Crippen molar-refractivity contribution >= 4 is 0 Å². The molecule has 0 fully saturated rings. The molecule has 0 aromatic heterocycles. The Balaban J connectivity index is 0. The van der Waals surface area contributed by atoms with Gasteiger partial charge < -0.3 is 4.74 Å². The maximum atomic E-state index is 4.92. The van der Waals surface area contributed by atoms with Crippen LogP contribution in [0, 0.1) is 11.8 Å². The zero-order valence-corrected chi connectivity index (χ0v) is 16.0. The fourth-order valence-electron chi connectivity index (χ4n) is 2.13. The Kier molecular flexibility index (Phi) is 17.6. The Morgan fingerprint density at radius 3 is 2.14 bits per heavy atom. The van der Waals surface area contributed by atoms with Crippen molar-refractivity contribution in [3.05, 3.63) is 37.0 Å². The maximum absolute atomic E-state index is 4.92. The van der Waals surface area contributed by atoms with Gasteiger partial charge in [-0.3, -0.25) is 0 Å². The van der Waals surface area contributed by atoms with E-state index in [9.17, 15) is 0 Å². The van der Waals surface area contributed by atoms with E-state index in [1.165, 1.54) is 25.7 Å². The molecular formula is C21H40O. The van der Waals surface area contributed by atoms with Crippen LogP contribution in [0.15, 0.2) is 37.0 Å². The average molecular weight is 309 g/mol. The van der Waals surface area contributed by atoms with Crippen LogP contribution in [0.3, 0.4) is 0 Å². The summed E-state index contributed by atoms with van der Waals surface area (Å²) in [5, 5.41) is 0. The van der Waals surface area contributed by atoms with E-state index in [1.807, 2.05) is 19.1 Å². The predicted octanol–water partition coefficient (Wildman–Crippen LogP) is 6.96. The molecule has 22 heavy (non-hydrogen) atoms. The second-order valence-electron chi connectivity index (χ2n) is 6.48. The van der Waals surface area contributed by atoms with Crippen LogP contribution in [0.5, 0.6) is 0 Å².